The highest BCUT2D eigenvalue weighted by molar-refractivity contribution is 6.17. The molecule has 0 unspecified atom stereocenters. The molecule has 158 valence electrons. The second-order valence-corrected chi connectivity index (χ2v) is 8.37. The summed E-state index contributed by atoms with van der Waals surface area (Å²) in [5, 5.41) is 14.3. The van der Waals surface area contributed by atoms with E-state index in [0.29, 0.717) is 5.56 Å². The molecule has 3 aromatic heterocycles. The first-order chi connectivity index (χ1) is 16.8. The van der Waals surface area contributed by atoms with E-state index >= 15 is 0 Å². The molecule has 4 aromatic carbocycles. The minimum Gasteiger partial charge on any atom is -0.456 e. The monoisotopic (exact) mass is 435 g/mol. The fourth-order valence-corrected chi connectivity index (χ4v) is 5.06. The molecule has 0 saturated heterocycles. The van der Waals surface area contributed by atoms with Crippen molar-refractivity contribution in [1.29, 1.82) is 5.26 Å². The zero-order valence-electron chi connectivity index (χ0n) is 18.1. The summed E-state index contributed by atoms with van der Waals surface area (Å²) in [6.07, 6.45) is 3.35. The van der Waals surface area contributed by atoms with Crippen LogP contribution in [-0.2, 0) is 0 Å². The van der Waals surface area contributed by atoms with Gasteiger partial charge in [-0.15, -0.1) is 0 Å². The third kappa shape index (κ3) is 2.55. The number of hydrogen-bond acceptors (Lipinski definition) is 3. The van der Waals surface area contributed by atoms with Gasteiger partial charge < -0.3 is 8.98 Å². The van der Waals surface area contributed by atoms with Crippen molar-refractivity contribution >= 4 is 43.7 Å². The molecule has 3 heterocycles. The quantitative estimate of drug-likeness (QED) is 0.281. The largest absolute Gasteiger partial charge is 0.456 e. The zero-order valence-corrected chi connectivity index (χ0v) is 18.1. The zero-order chi connectivity index (χ0) is 22.6. The highest BCUT2D eigenvalue weighted by atomic mass is 16.3. The fourth-order valence-electron chi connectivity index (χ4n) is 5.06. The number of furan rings is 1. The summed E-state index contributed by atoms with van der Waals surface area (Å²) in [7, 11) is 0. The maximum absolute atomic E-state index is 9.72. The second-order valence-electron chi connectivity index (χ2n) is 8.37. The molecule has 4 nitrogen and oxygen atoms in total. The summed E-state index contributed by atoms with van der Waals surface area (Å²) in [5.41, 5.74) is 7.32. The van der Waals surface area contributed by atoms with Crippen LogP contribution in [0, 0.1) is 11.3 Å². The first kappa shape index (κ1) is 18.7. The molecule has 0 bridgehead atoms. The molecule has 0 aliphatic rings. The molecule has 0 spiro atoms. The van der Waals surface area contributed by atoms with Crippen LogP contribution in [0.15, 0.2) is 108 Å². The minimum atomic E-state index is 0.551. The Morgan fingerprint density at radius 3 is 2.38 bits per heavy atom. The van der Waals surface area contributed by atoms with Gasteiger partial charge in [0.25, 0.3) is 0 Å². The second kappa shape index (κ2) is 7.06. The van der Waals surface area contributed by atoms with Crippen molar-refractivity contribution in [2.45, 2.75) is 0 Å². The summed E-state index contributed by atoms with van der Waals surface area (Å²) < 4.78 is 8.51. The molecule has 0 aliphatic carbocycles. The average Bonchev–Trinajstić information content (AvgIpc) is 3.42. The van der Waals surface area contributed by atoms with Crippen molar-refractivity contribution in [2.75, 3.05) is 0 Å². The van der Waals surface area contributed by atoms with Gasteiger partial charge in [0.1, 0.15) is 17.2 Å². The van der Waals surface area contributed by atoms with Gasteiger partial charge >= 0.3 is 0 Å². The molecule has 0 fully saturated rings. The van der Waals surface area contributed by atoms with E-state index in [2.05, 4.69) is 70.2 Å². The van der Waals surface area contributed by atoms with E-state index in [9.17, 15) is 5.26 Å². The number of hydrogen-bond donors (Lipinski definition) is 0. The van der Waals surface area contributed by atoms with E-state index in [-0.39, 0.29) is 0 Å². The lowest BCUT2D eigenvalue weighted by Crippen LogP contribution is -1.98. The summed E-state index contributed by atoms with van der Waals surface area (Å²) in [4.78, 5) is 4.15. The molecule has 7 aromatic rings. The Morgan fingerprint density at radius 2 is 1.47 bits per heavy atom. The molecule has 0 N–H and O–H groups in total. The van der Waals surface area contributed by atoms with Crippen molar-refractivity contribution in [3.63, 3.8) is 0 Å². The van der Waals surface area contributed by atoms with E-state index in [4.69, 9.17) is 4.42 Å². The van der Waals surface area contributed by atoms with Gasteiger partial charge in [-0.05, 0) is 30.3 Å². The number of para-hydroxylation sites is 3. The first-order valence-corrected chi connectivity index (χ1v) is 11.1. The van der Waals surface area contributed by atoms with Crippen LogP contribution in [-0.4, -0.2) is 9.55 Å². The number of nitriles is 1. The van der Waals surface area contributed by atoms with Crippen LogP contribution in [0.4, 0.5) is 0 Å². The molecule has 0 radical (unpaired) electrons. The molecule has 34 heavy (non-hydrogen) atoms. The van der Waals surface area contributed by atoms with Gasteiger partial charge in [0, 0.05) is 51.1 Å². The third-order valence-corrected chi connectivity index (χ3v) is 6.55. The van der Waals surface area contributed by atoms with Crippen LogP contribution >= 0.6 is 0 Å². The fraction of sp³-hybridized carbons (Fsp3) is 0. The number of pyridine rings is 1. The van der Waals surface area contributed by atoms with Crippen molar-refractivity contribution in [3.8, 4) is 22.9 Å². The number of fused-ring (bicyclic) bond motifs is 6. The Hall–Kier alpha value is -4.88. The summed E-state index contributed by atoms with van der Waals surface area (Å²) >= 11 is 0. The van der Waals surface area contributed by atoms with Gasteiger partial charge in [-0.25, -0.2) is 0 Å². The Bertz CT molecular complexity index is 1930. The van der Waals surface area contributed by atoms with Crippen LogP contribution < -0.4 is 0 Å². The smallest absolute Gasteiger partial charge is 0.137 e. The molecule has 0 aliphatic heterocycles. The standard InChI is InChI=1S/C30H17N3O/c31-17-19-18-32-14-13-20(19)21-7-1-4-10-26(21)33-27-11-5-2-8-22(27)24-15-25-23-9-3-6-12-29(23)34-30(25)16-28(24)33/h1-16,18H. The normalized spacial score (nSPS) is 11.5. The molecule has 0 atom stereocenters. The lowest BCUT2D eigenvalue weighted by molar-refractivity contribution is 0.669. The van der Waals surface area contributed by atoms with Gasteiger partial charge in [-0.3, -0.25) is 4.98 Å². The maximum Gasteiger partial charge on any atom is 0.137 e. The number of nitrogens with zero attached hydrogens (tertiary/aromatic N) is 3. The van der Waals surface area contributed by atoms with Crippen molar-refractivity contribution in [3.05, 3.63) is 109 Å². The number of benzene rings is 4. The highest BCUT2D eigenvalue weighted by Gasteiger charge is 2.19. The van der Waals surface area contributed by atoms with E-state index < -0.39 is 0 Å². The van der Waals surface area contributed by atoms with Gasteiger partial charge in [0.15, 0.2) is 0 Å². The Balaban J connectivity index is 1.63. The van der Waals surface area contributed by atoms with Crippen LogP contribution in [0.2, 0.25) is 0 Å². The topological polar surface area (TPSA) is 54.8 Å². The number of aromatic nitrogens is 2. The van der Waals surface area contributed by atoms with E-state index in [0.717, 1.165) is 49.8 Å². The van der Waals surface area contributed by atoms with Crippen LogP contribution in [0.25, 0.3) is 60.6 Å². The minimum absolute atomic E-state index is 0.551. The lowest BCUT2D eigenvalue weighted by atomic mass is 10.0. The highest BCUT2D eigenvalue weighted by Crippen LogP contribution is 2.40. The number of rotatable bonds is 2. The molecule has 7 rings (SSSR count). The summed E-state index contributed by atoms with van der Waals surface area (Å²) in [6.45, 7) is 0. The molecular formula is C30H17N3O. The van der Waals surface area contributed by atoms with E-state index in [1.54, 1.807) is 12.4 Å². The molecule has 0 amide bonds. The maximum atomic E-state index is 9.72. The van der Waals surface area contributed by atoms with Crippen LogP contribution in [0.3, 0.4) is 0 Å². The van der Waals surface area contributed by atoms with Gasteiger partial charge in [0.05, 0.1) is 22.3 Å². The van der Waals surface area contributed by atoms with Crippen LogP contribution in [0.5, 0.6) is 0 Å². The lowest BCUT2D eigenvalue weighted by Gasteiger charge is -2.14. The van der Waals surface area contributed by atoms with Gasteiger partial charge in [-0.2, -0.15) is 5.26 Å². The Morgan fingerprint density at radius 1 is 0.676 bits per heavy atom. The summed E-state index contributed by atoms with van der Waals surface area (Å²) in [5.74, 6) is 0. The molecule has 0 saturated carbocycles. The van der Waals surface area contributed by atoms with Crippen LogP contribution in [0.1, 0.15) is 5.56 Å². The van der Waals surface area contributed by atoms with Gasteiger partial charge in [0.2, 0.25) is 0 Å². The first-order valence-electron chi connectivity index (χ1n) is 11.1. The SMILES string of the molecule is N#Cc1cnccc1-c1ccccc1-n1c2ccccc2c2cc3c(cc21)oc1ccccc13. The summed E-state index contributed by atoms with van der Waals surface area (Å²) in [6, 6.07) is 33.4. The molecular weight excluding hydrogens is 418 g/mol. The Kier molecular flexibility index (Phi) is 3.88. The van der Waals surface area contributed by atoms with Crippen molar-refractivity contribution in [2.24, 2.45) is 0 Å². The predicted molar refractivity (Wildman–Crippen MR) is 136 cm³/mol. The van der Waals surface area contributed by atoms with Gasteiger partial charge in [-0.1, -0.05) is 54.6 Å². The third-order valence-electron chi connectivity index (χ3n) is 6.55. The van der Waals surface area contributed by atoms with Crippen molar-refractivity contribution in [1.82, 2.24) is 9.55 Å². The van der Waals surface area contributed by atoms with Crippen molar-refractivity contribution < 1.29 is 4.42 Å². The van der Waals surface area contributed by atoms with E-state index in [1.165, 1.54) is 10.8 Å². The molecule has 4 heteroatoms. The predicted octanol–water partition coefficient (Wildman–Crippen LogP) is 7.62. The Labute approximate surface area is 194 Å². The van der Waals surface area contributed by atoms with E-state index in [1.807, 2.05) is 36.4 Å². The average molecular weight is 435 g/mol.